The summed E-state index contributed by atoms with van der Waals surface area (Å²) in [5.74, 6) is -0.686. The zero-order valence-electron chi connectivity index (χ0n) is 9.99. The number of methoxy groups -OCH3 is 1. The number of carboxylic acid groups (broad SMARTS) is 1. The van der Waals surface area contributed by atoms with Crippen LogP contribution in [0.5, 0.6) is 5.75 Å². The molecule has 1 aliphatic rings. The maximum atomic E-state index is 11.8. The molecule has 96 valence electrons. The Morgan fingerprint density at radius 2 is 2.11 bits per heavy atom. The lowest BCUT2D eigenvalue weighted by Gasteiger charge is -2.21. The molecule has 1 heterocycles. The largest absolute Gasteiger partial charge is 0.495 e. The van der Waals surface area contributed by atoms with E-state index >= 15 is 0 Å². The van der Waals surface area contributed by atoms with E-state index in [4.69, 9.17) is 9.47 Å². The Kier molecular flexibility index (Phi) is 3.10. The summed E-state index contributed by atoms with van der Waals surface area (Å²) >= 11 is 0. The highest BCUT2D eigenvalue weighted by Gasteiger charge is 2.45. The number of hydrogen-bond acceptors (Lipinski definition) is 4. The predicted molar refractivity (Wildman–Crippen MR) is 62.8 cm³/mol. The highest BCUT2D eigenvalue weighted by atomic mass is 16.6. The first-order chi connectivity index (χ1) is 8.56. The molecule has 0 radical (unpaired) electrons. The summed E-state index contributed by atoms with van der Waals surface area (Å²) in [5, 5.41) is 9.18. The van der Waals surface area contributed by atoms with Gasteiger partial charge in [0.05, 0.1) is 12.8 Å². The number of hydrogen-bond donors (Lipinski definition) is 1. The molecule has 1 saturated heterocycles. The van der Waals surface area contributed by atoms with Crippen LogP contribution in [0, 0.1) is 0 Å². The average molecular weight is 251 g/mol. The third-order valence-electron chi connectivity index (χ3n) is 2.80. The van der Waals surface area contributed by atoms with Gasteiger partial charge >= 0.3 is 12.1 Å². The van der Waals surface area contributed by atoms with Gasteiger partial charge in [0.15, 0.2) is 6.04 Å². The first-order valence-corrected chi connectivity index (χ1v) is 5.42. The van der Waals surface area contributed by atoms with Crippen molar-refractivity contribution in [2.24, 2.45) is 0 Å². The number of nitrogens with zero attached hydrogens (tertiary/aromatic N) is 1. The number of benzene rings is 1. The quantitative estimate of drug-likeness (QED) is 0.880. The van der Waals surface area contributed by atoms with Crippen molar-refractivity contribution in [2.75, 3.05) is 12.0 Å². The summed E-state index contributed by atoms with van der Waals surface area (Å²) < 4.78 is 10.1. The summed E-state index contributed by atoms with van der Waals surface area (Å²) in [4.78, 5) is 24.1. The van der Waals surface area contributed by atoms with Gasteiger partial charge in [0, 0.05) is 0 Å². The van der Waals surface area contributed by atoms with Gasteiger partial charge in [0.1, 0.15) is 11.9 Å². The van der Waals surface area contributed by atoms with E-state index < -0.39 is 24.2 Å². The summed E-state index contributed by atoms with van der Waals surface area (Å²) in [6, 6.07) is 5.67. The van der Waals surface area contributed by atoms with E-state index in [-0.39, 0.29) is 0 Å². The molecule has 1 aromatic carbocycles. The highest BCUT2D eigenvalue weighted by Crippen LogP contribution is 2.34. The van der Waals surface area contributed by atoms with Gasteiger partial charge in [-0.2, -0.15) is 0 Å². The molecular weight excluding hydrogens is 238 g/mol. The molecule has 0 bridgehead atoms. The van der Waals surface area contributed by atoms with Crippen LogP contribution < -0.4 is 9.64 Å². The van der Waals surface area contributed by atoms with Gasteiger partial charge in [-0.25, -0.2) is 9.59 Å². The smallest absolute Gasteiger partial charge is 0.415 e. The molecule has 0 saturated carbocycles. The van der Waals surface area contributed by atoms with Crippen LogP contribution >= 0.6 is 0 Å². The zero-order valence-corrected chi connectivity index (χ0v) is 9.99. The number of carboxylic acids is 1. The fourth-order valence-electron chi connectivity index (χ4n) is 1.99. The minimum Gasteiger partial charge on any atom is -0.495 e. The summed E-state index contributed by atoms with van der Waals surface area (Å²) in [6.45, 7) is 1.55. The van der Waals surface area contributed by atoms with Gasteiger partial charge in [-0.3, -0.25) is 4.90 Å². The Hall–Kier alpha value is -2.24. The lowest BCUT2D eigenvalue weighted by Crippen LogP contribution is -2.42. The van der Waals surface area contributed by atoms with Crippen molar-refractivity contribution in [1.82, 2.24) is 0 Å². The monoisotopic (exact) mass is 251 g/mol. The van der Waals surface area contributed by atoms with Gasteiger partial charge in [-0.05, 0) is 19.1 Å². The Morgan fingerprint density at radius 1 is 1.44 bits per heavy atom. The third-order valence-corrected chi connectivity index (χ3v) is 2.80. The molecule has 1 amide bonds. The van der Waals surface area contributed by atoms with Gasteiger partial charge in [-0.1, -0.05) is 12.1 Å². The lowest BCUT2D eigenvalue weighted by atomic mass is 10.1. The van der Waals surface area contributed by atoms with Crippen molar-refractivity contribution in [3.63, 3.8) is 0 Å². The van der Waals surface area contributed by atoms with E-state index in [0.717, 1.165) is 4.90 Å². The van der Waals surface area contributed by atoms with Crippen molar-refractivity contribution in [2.45, 2.75) is 19.1 Å². The van der Waals surface area contributed by atoms with Crippen LogP contribution in [0.3, 0.4) is 0 Å². The van der Waals surface area contributed by atoms with Gasteiger partial charge in [0.25, 0.3) is 0 Å². The fourth-order valence-corrected chi connectivity index (χ4v) is 1.99. The first-order valence-electron chi connectivity index (χ1n) is 5.42. The molecule has 1 aromatic rings. The van der Waals surface area contributed by atoms with E-state index in [1.807, 2.05) is 0 Å². The standard InChI is InChI=1S/C12H13NO5/c1-7-10(11(14)15)13(12(16)18-7)8-5-3-4-6-9(8)17-2/h3-7,10H,1-2H3,(H,14,15). The fraction of sp³-hybridized carbons (Fsp3) is 0.333. The summed E-state index contributed by atoms with van der Waals surface area (Å²) in [7, 11) is 1.46. The zero-order chi connectivity index (χ0) is 13.3. The van der Waals surface area contributed by atoms with Crippen molar-refractivity contribution < 1.29 is 24.2 Å². The number of rotatable bonds is 3. The van der Waals surface area contributed by atoms with E-state index in [2.05, 4.69) is 0 Å². The molecule has 1 fully saturated rings. The van der Waals surface area contributed by atoms with Crippen LogP contribution in [0.2, 0.25) is 0 Å². The first kappa shape index (κ1) is 12.2. The predicted octanol–water partition coefficient (Wildman–Crippen LogP) is 1.49. The van der Waals surface area contributed by atoms with E-state index in [1.165, 1.54) is 7.11 Å². The van der Waals surface area contributed by atoms with Gasteiger partial charge in [-0.15, -0.1) is 0 Å². The van der Waals surface area contributed by atoms with Crippen molar-refractivity contribution >= 4 is 17.7 Å². The van der Waals surface area contributed by atoms with E-state index in [0.29, 0.717) is 11.4 Å². The third kappa shape index (κ3) is 1.85. The Balaban J connectivity index is 2.47. The second-order valence-electron chi connectivity index (χ2n) is 3.91. The van der Waals surface area contributed by atoms with Crippen LogP contribution in [-0.2, 0) is 9.53 Å². The average Bonchev–Trinajstić information content (AvgIpc) is 2.64. The van der Waals surface area contributed by atoms with Crippen LogP contribution in [0.1, 0.15) is 6.92 Å². The Bertz CT molecular complexity index is 487. The molecule has 0 aliphatic carbocycles. The van der Waals surface area contributed by atoms with E-state index in [9.17, 15) is 14.7 Å². The summed E-state index contributed by atoms with van der Waals surface area (Å²) in [5.41, 5.74) is 0.391. The van der Waals surface area contributed by atoms with Crippen LogP contribution in [0.4, 0.5) is 10.5 Å². The number of carbonyl (C=O) groups is 2. The topological polar surface area (TPSA) is 76.1 Å². The van der Waals surface area contributed by atoms with E-state index in [1.54, 1.807) is 31.2 Å². The van der Waals surface area contributed by atoms with Crippen molar-refractivity contribution in [1.29, 1.82) is 0 Å². The molecule has 6 nitrogen and oxygen atoms in total. The molecule has 18 heavy (non-hydrogen) atoms. The SMILES string of the molecule is COc1ccccc1N1C(=O)OC(C)C1C(=O)O. The van der Waals surface area contributed by atoms with Crippen LogP contribution in [-0.4, -0.2) is 36.4 Å². The normalized spacial score (nSPS) is 22.8. The Labute approximate surface area is 104 Å². The number of anilines is 1. The highest BCUT2D eigenvalue weighted by molar-refractivity contribution is 5.99. The molecule has 0 aromatic heterocycles. The molecule has 2 rings (SSSR count). The lowest BCUT2D eigenvalue weighted by molar-refractivity contribution is -0.139. The number of cyclic esters (lactones) is 1. The molecule has 2 atom stereocenters. The maximum absolute atomic E-state index is 11.8. The number of ether oxygens (including phenoxy) is 2. The maximum Gasteiger partial charge on any atom is 0.415 e. The molecule has 1 aliphatic heterocycles. The molecule has 6 heteroatoms. The van der Waals surface area contributed by atoms with Crippen molar-refractivity contribution in [3.8, 4) is 5.75 Å². The number of para-hydroxylation sites is 2. The number of carbonyl (C=O) groups excluding carboxylic acids is 1. The minimum atomic E-state index is -1.11. The van der Waals surface area contributed by atoms with Crippen LogP contribution in [0.25, 0.3) is 0 Å². The van der Waals surface area contributed by atoms with Gasteiger partial charge in [0.2, 0.25) is 0 Å². The van der Waals surface area contributed by atoms with Gasteiger partial charge < -0.3 is 14.6 Å². The second kappa shape index (κ2) is 4.56. The second-order valence-corrected chi connectivity index (χ2v) is 3.91. The molecule has 1 N–H and O–H groups in total. The molecule has 0 spiro atoms. The summed E-state index contributed by atoms with van der Waals surface area (Å²) in [6.07, 6.45) is -1.39. The molecule has 2 unspecified atom stereocenters. The van der Waals surface area contributed by atoms with Crippen molar-refractivity contribution in [3.05, 3.63) is 24.3 Å². The van der Waals surface area contributed by atoms with Crippen LogP contribution in [0.15, 0.2) is 24.3 Å². The number of aliphatic carboxylic acids is 1. The number of amides is 1. The Morgan fingerprint density at radius 3 is 2.72 bits per heavy atom. The molecular formula is C12H13NO5. The minimum absolute atomic E-state index is 0.391.